The second kappa shape index (κ2) is 3.06. The van der Waals surface area contributed by atoms with Gasteiger partial charge in [-0.1, -0.05) is 55.6 Å². The van der Waals surface area contributed by atoms with Crippen molar-refractivity contribution < 1.29 is 5.11 Å². The summed E-state index contributed by atoms with van der Waals surface area (Å²) in [5.41, 5.74) is -0.398. The van der Waals surface area contributed by atoms with Gasteiger partial charge in [0.1, 0.15) is 6.10 Å². The summed E-state index contributed by atoms with van der Waals surface area (Å²) < 4.78 is -1.59. The van der Waals surface area contributed by atoms with E-state index in [0.29, 0.717) is 0 Å². The van der Waals surface area contributed by atoms with Crippen molar-refractivity contribution >= 4 is 34.8 Å². The molecule has 1 nitrogen and oxygen atoms in total. The number of hydrogen-bond donors (Lipinski definition) is 1. The Morgan fingerprint density at radius 3 is 1.40 bits per heavy atom. The first-order valence-electron chi connectivity index (χ1n) is 2.90. The molecule has 0 aliphatic carbocycles. The Balaban J connectivity index is 4.23. The van der Waals surface area contributed by atoms with Crippen LogP contribution >= 0.6 is 34.8 Å². The summed E-state index contributed by atoms with van der Waals surface area (Å²) in [6.07, 6.45) is -0.940. The van der Waals surface area contributed by atoms with Crippen LogP contribution < -0.4 is 0 Å². The molecule has 62 valence electrons. The molecule has 0 aromatic carbocycles. The molecular weight excluding hydrogens is 194 g/mol. The Labute approximate surface area is 76.3 Å². The highest BCUT2D eigenvalue weighted by Gasteiger charge is 2.39. The second-order valence-electron chi connectivity index (χ2n) is 3.31. The molecule has 0 amide bonds. The maximum atomic E-state index is 9.33. The van der Waals surface area contributed by atoms with Crippen LogP contribution in [0.2, 0.25) is 0 Å². The predicted octanol–water partition coefficient (Wildman–Crippen LogP) is 2.76. The second-order valence-corrected chi connectivity index (χ2v) is 5.68. The van der Waals surface area contributed by atoms with E-state index in [-0.39, 0.29) is 0 Å². The molecule has 0 bridgehead atoms. The lowest BCUT2D eigenvalue weighted by atomic mass is 9.90. The molecule has 0 unspecified atom stereocenters. The largest absolute Gasteiger partial charge is 0.388 e. The molecule has 0 saturated heterocycles. The average Bonchev–Trinajstić information content (AvgIpc) is 1.59. The van der Waals surface area contributed by atoms with Gasteiger partial charge in [-0.25, -0.2) is 0 Å². The maximum Gasteiger partial charge on any atom is 0.216 e. The average molecular weight is 206 g/mol. The molecule has 0 aromatic rings. The van der Waals surface area contributed by atoms with E-state index in [4.69, 9.17) is 34.8 Å². The van der Waals surface area contributed by atoms with Crippen LogP contribution in [0, 0.1) is 5.41 Å². The van der Waals surface area contributed by atoms with Crippen molar-refractivity contribution in [2.45, 2.75) is 30.7 Å². The summed E-state index contributed by atoms with van der Waals surface area (Å²) in [4.78, 5) is 0. The summed E-state index contributed by atoms with van der Waals surface area (Å²) in [5.74, 6) is 0. The van der Waals surface area contributed by atoms with Crippen molar-refractivity contribution in [3.05, 3.63) is 0 Å². The van der Waals surface area contributed by atoms with Crippen LogP contribution in [0.5, 0.6) is 0 Å². The van der Waals surface area contributed by atoms with Gasteiger partial charge < -0.3 is 5.11 Å². The zero-order chi connectivity index (χ0) is 8.58. The van der Waals surface area contributed by atoms with Crippen LogP contribution in [0.3, 0.4) is 0 Å². The van der Waals surface area contributed by atoms with E-state index in [0.717, 1.165) is 0 Å². The van der Waals surface area contributed by atoms with Gasteiger partial charge in [-0.3, -0.25) is 0 Å². The van der Waals surface area contributed by atoms with Gasteiger partial charge in [0.15, 0.2) is 0 Å². The van der Waals surface area contributed by atoms with Crippen molar-refractivity contribution in [1.29, 1.82) is 0 Å². The summed E-state index contributed by atoms with van der Waals surface area (Å²) in [5, 5.41) is 9.33. The fourth-order valence-electron chi connectivity index (χ4n) is 0.491. The molecule has 0 aliphatic heterocycles. The molecule has 1 atom stereocenters. The first-order valence-corrected chi connectivity index (χ1v) is 4.04. The zero-order valence-electron chi connectivity index (χ0n) is 6.16. The quantitative estimate of drug-likeness (QED) is 0.603. The van der Waals surface area contributed by atoms with E-state index in [1.807, 2.05) is 0 Å². The Hall–Kier alpha value is 0.830. The lowest BCUT2D eigenvalue weighted by Gasteiger charge is -2.30. The highest BCUT2D eigenvalue weighted by Crippen LogP contribution is 2.38. The van der Waals surface area contributed by atoms with Crippen LogP contribution in [0.1, 0.15) is 20.8 Å². The fraction of sp³-hybridized carbons (Fsp3) is 1.00. The van der Waals surface area contributed by atoms with E-state index in [9.17, 15) is 5.11 Å². The topological polar surface area (TPSA) is 20.2 Å². The number of aliphatic hydroxyl groups is 1. The maximum absolute atomic E-state index is 9.33. The number of alkyl halides is 3. The van der Waals surface area contributed by atoms with Crippen molar-refractivity contribution in [3.63, 3.8) is 0 Å². The monoisotopic (exact) mass is 204 g/mol. The van der Waals surface area contributed by atoms with Gasteiger partial charge in [0, 0.05) is 0 Å². The summed E-state index contributed by atoms with van der Waals surface area (Å²) >= 11 is 16.3. The predicted molar refractivity (Wildman–Crippen MR) is 45.8 cm³/mol. The Morgan fingerprint density at radius 2 is 1.40 bits per heavy atom. The van der Waals surface area contributed by atoms with Crippen LogP contribution in [0.25, 0.3) is 0 Å². The highest BCUT2D eigenvalue weighted by atomic mass is 35.6. The number of rotatable bonds is 0. The van der Waals surface area contributed by atoms with Gasteiger partial charge >= 0.3 is 0 Å². The van der Waals surface area contributed by atoms with Crippen molar-refractivity contribution in [1.82, 2.24) is 0 Å². The minimum atomic E-state index is -1.59. The lowest BCUT2D eigenvalue weighted by molar-refractivity contribution is 0.0666. The third-order valence-corrected chi connectivity index (χ3v) is 1.75. The first kappa shape index (κ1) is 10.8. The Morgan fingerprint density at radius 1 is 1.10 bits per heavy atom. The summed E-state index contributed by atoms with van der Waals surface area (Å²) in [6.45, 7) is 5.42. The third-order valence-electron chi connectivity index (χ3n) is 1.13. The van der Waals surface area contributed by atoms with E-state index >= 15 is 0 Å². The number of aliphatic hydroxyl groups excluding tert-OH is 1. The highest BCUT2D eigenvalue weighted by molar-refractivity contribution is 6.68. The molecule has 0 heterocycles. The lowest BCUT2D eigenvalue weighted by Crippen LogP contribution is -2.37. The summed E-state index contributed by atoms with van der Waals surface area (Å²) in [7, 11) is 0. The number of halogens is 3. The van der Waals surface area contributed by atoms with Gasteiger partial charge in [-0.05, 0) is 5.41 Å². The fourth-order valence-corrected chi connectivity index (χ4v) is 1.47. The van der Waals surface area contributed by atoms with Gasteiger partial charge in [0.05, 0.1) is 0 Å². The van der Waals surface area contributed by atoms with Gasteiger partial charge in [0.25, 0.3) is 0 Å². The zero-order valence-corrected chi connectivity index (χ0v) is 8.43. The van der Waals surface area contributed by atoms with Crippen molar-refractivity contribution in [2.24, 2.45) is 5.41 Å². The molecule has 0 fully saturated rings. The normalized spacial score (nSPS) is 17.1. The molecule has 4 heteroatoms. The van der Waals surface area contributed by atoms with E-state index in [1.54, 1.807) is 20.8 Å². The molecule has 0 saturated carbocycles. The Kier molecular flexibility index (Phi) is 3.31. The standard InChI is InChI=1S/C6H11Cl3O/c1-5(2,3)4(10)6(7,8)9/h4,10H,1-3H3/t4-/m1/s1. The van der Waals surface area contributed by atoms with Crippen LogP contribution in [-0.2, 0) is 0 Å². The first-order chi connectivity index (χ1) is 4.15. The van der Waals surface area contributed by atoms with Gasteiger partial charge in [-0.2, -0.15) is 0 Å². The van der Waals surface area contributed by atoms with Crippen molar-refractivity contribution in [2.75, 3.05) is 0 Å². The number of hydrogen-bond acceptors (Lipinski definition) is 1. The van der Waals surface area contributed by atoms with Crippen molar-refractivity contribution in [3.8, 4) is 0 Å². The molecular formula is C6H11Cl3O. The smallest absolute Gasteiger partial charge is 0.216 e. The molecule has 0 aliphatic rings. The molecule has 1 N–H and O–H groups in total. The van der Waals surface area contributed by atoms with E-state index in [1.165, 1.54) is 0 Å². The SMILES string of the molecule is CC(C)(C)[C@@H](O)C(Cl)(Cl)Cl. The molecule has 0 rings (SSSR count). The molecule has 10 heavy (non-hydrogen) atoms. The van der Waals surface area contributed by atoms with Crippen LogP contribution in [0.15, 0.2) is 0 Å². The van der Waals surface area contributed by atoms with E-state index in [2.05, 4.69) is 0 Å². The Bertz CT molecular complexity index is 97.1. The summed E-state index contributed by atoms with van der Waals surface area (Å²) in [6, 6.07) is 0. The van der Waals surface area contributed by atoms with Crippen LogP contribution in [-0.4, -0.2) is 15.0 Å². The minimum Gasteiger partial charge on any atom is -0.388 e. The van der Waals surface area contributed by atoms with Gasteiger partial charge in [-0.15, -0.1) is 0 Å². The molecule has 0 spiro atoms. The third kappa shape index (κ3) is 3.29. The minimum absolute atomic E-state index is 0.398. The molecule has 0 aromatic heterocycles. The molecule has 0 radical (unpaired) electrons. The van der Waals surface area contributed by atoms with Gasteiger partial charge in [0.2, 0.25) is 3.79 Å². The van der Waals surface area contributed by atoms with Crippen LogP contribution in [0.4, 0.5) is 0 Å². The van der Waals surface area contributed by atoms with E-state index < -0.39 is 15.3 Å².